The second kappa shape index (κ2) is 5.03. The van der Waals surface area contributed by atoms with E-state index in [-0.39, 0.29) is 6.04 Å². The molecule has 0 saturated heterocycles. The average Bonchev–Trinajstić information content (AvgIpc) is 2.90. The standard InChI is InChI=1S/C15H18N2O2/c18-15(19)12-9-10-5-1-4-8-13(10)17-14(12)16-11-6-2-3-7-11/h2-3,9,11H,1,4-8H2,(H,16,17)(H,18,19). The van der Waals surface area contributed by atoms with Crippen LogP contribution < -0.4 is 5.32 Å². The van der Waals surface area contributed by atoms with Crippen LogP contribution >= 0.6 is 0 Å². The van der Waals surface area contributed by atoms with Gasteiger partial charge in [-0.1, -0.05) is 12.2 Å². The van der Waals surface area contributed by atoms with Crippen LogP contribution in [-0.4, -0.2) is 22.1 Å². The smallest absolute Gasteiger partial charge is 0.339 e. The fourth-order valence-electron chi connectivity index (χ4n) is 2.84. The molecule has 1 aromatic rings. The number of aromatic carboxylic acids is 1. The van der Waals surface area contributed by atoms with Gasteiger partial charge in [-0.15, -0.1) is 0 Å². The molecular weight excluding hydrogens is 240 g/mol. The quantitative estimate of drug-likeness (QED) is 0.818. The summed E-state index contributed by atoms with van der Waals surface area (Å²) in [5.74, 6) is -0.351. The summed E-state index contributed by atoms with van der Waals surface area (Å²) in [6, 6.07) is 2.10. The maximum Gasteiger partial charge on any atom is 0.339 e. The fraction of sp³-hybridized carbons (Fsp3) is 0.467. The third kappa shape index (κ3) is 2.48. The van der Waals surface area contributed by atoms with E-state index in [4.69, 9.17) is 0 Å². The van der Waals surface area contributed by atoms with Gasteiger partial charge in [0.2, 0.25) is 0 Å². The van der Waals surface area contributed by atoms with E-state index < -0.39 is 5.97 Å². The molecule has 0 unspecified atom stereocenters. The Kier molecular flexibility index (Phi) is 3.23. The van der Waals surface area contributed by atoms with Crippen LogP contribution in [0.5, 0.6) is 0 Å². The third-order valence-corrected chi connectivity index (χ3v) is 3.88. The maximum absolute atomic E-state index is 11.4. The van der Waals surface area contributed by atoms with Crippen molar-refractivity contribution in [2.75, 3.05) is 5.32 Å². The Morgan fingerprint density at radius 1 is 1.26 bits per heavy atom. The molecular formula is C15H18N2O2. The molecule has 1 heterocycles. The zero-order chi connectivity index (χ0) is 13.2. The van der Waals surface area contributed by atoms with Gasteiger partial charge in [0.1, 0.15) is 11.4 Å². The van der Waals surface area contributed by atoms with Crippen LogP contribution in [0.4, 0.5) is 5.82 Å². The molecule has 0 saturated carbocycles. The Morgan fingerprint density at radius 2 is 2.00 bits per heavy atom. The number of nitrogens with one attached hydrogen (secondary N) is 1. The van der Waals surface area contributed by atoms with Gasteiger partial charge >= 0.3 is 5.97 Å². The van der Waals surface area contributed by atoms with E-state index in [1.165, 1.54) is 0 Å². The van der Waals surface area contributed by atoms with Crippen molar-refractivity contribution in [3.63, 3.8) is 0 Å². The Balaban J connectivity index is 1.93. The van der Waals surface area contributed by atoms with Gasteiger partial charge in [0.25, 0.3) is 0 Å². The second-order valence-corrected chi connectivity index (χ2v) is 5.29. The van der Waals surface area contributed by atoms with Crippen LogP contribution in [0.3, 0.4) is 0 Å². The normalized spacial score (nSPS) is 18.3. The lowest BCUT2D eigenvalue weighted by atomic mass is 9.94. The van der Waals surface area contributed by atoms with Crippen LogP contribution in [0.2, 0.25) is 0 Å². The molecule has 2 aliphatic rings. The van der Waals surface area contributed by atoms with Gasteiger partial charge in [0, 0.05) is 11.7 Å². The SMILES string of the molecule is O=C(O)c1cc2c(nc1NC1CC=CC1)CCCC2. The number of anilines is 1. The van der Waals surface area contributed by atoms with E-state index in [0.29, 0.717) is 11.4 Å². The number of fused-ring (bicyclic) bond motifs is 1. The zero-order valence-electron chi connectivity index (χ0n) is 10.9. The Bertz CT molecular complexity index is 529. The van der Waals surface area contributed by atoms with Crippen molar-refractivity contribution in [3.05, 3.63) is 35.0 Å². The van der Waals surface area contributed by atoms with E-state index in [2.05, 4.69) is 22.5 Å². The predicted octanol–water partition coefficient (Wildman–Crippen LogP) is 2.79. The molecule has 1 aromatic heterocycles. The first-order valence-corrected chi connectivity index (χ1v) is 6.91. The number of aryl methyl sites for hydroxylation is 2. The molecule has 2 N–H and O–H groups in total. The van der Waals surface area contributed by atoms with E-state index in [1.54, 1.807) is 0 Å². The number of carbonyl (C=O) groups is 1. The molecule has 19 heavy (non-hydrogen) atoms. The number of rotatable bonds is 3. The first-order valence-electron chi connectivity index (χ1n) is 6.91. The summed E-state index contributed by atoms with van der Waals surface area (Å²) in [5.41, 5.74) is 2.50. The monoisotopic (exact) mass is 258 g/mol. The van der Waals surface area contributed by atoms with Crippen molar-refractivity contribution in [2.45, 2.75) is 44.6 Å². The minimum Gasteiger partial charge on any atom is -0.478 e. The molecule has 100 valence electrons. The van der Waals surface area contributed by atoms with E-state index in [1.807, 2.05) is 6.07 Å². The van der Waals surface area contributed by atoms with Gasteiger partial charge in [-0.3, -0.25) is 0 Å². The lowest BCUT2D eigenvalue weighted by Gasteiger charge is -2.20. The molecule has 0 radical (unpaired) electrons. The number of hydrogen-bond acceptors (Lipinski definition) is 3. The van der Waals surface area contributed by atoms with Crippen LogP contribution in [-0.2, 0) is 12.8 Å². The molecule has 0 bridgehead atoms. The lowest BCUT2D eigenvalue weighted by molar-refractivity contribution is 0.0697. The van der Waals surface area contributed by atoms with Crippen molar-refractivity contribution in [1.82, 2.24) is 4.98 Å². The summed E-state index contributed by atoms with van der Waals surface area (Å²) in [6.07, 6.45) is 10.3. The first kappa shape index (κ1) is 12.2. The van der Waals surface area contributed by atoms with Gasteiger partial charge < -0.3 is 10.4 Å². The minimum atomic E-state index is -0.894. The van der Waals surface area contributed by atoms with Crippen LogP contribution in [0.15, 0.2) is 18.2 Å². The number of aromatic nitrogens is 1. The second-order valence-electron chi connectivity index (χ2n) is 5.29. The highest BCUT2D eigenvalue weighted by atomic mass is 16.4. The molecule has 0 aromatic carbocycles. The highest BCUT2D eigenvalue weighted by Gasteiger charge is 2.21. The van der Waals surface area contributed by atoms with Crippen molar-refractivity contribution >= 4 is 11.8 Å². The number of hydrogen-bond donors (Lipinski definition) is 2. The topological polar surface area (TPSA) is 62.2 Å². The van der Waals surface area contributed by atoms with Gasteiger partial charge in [0.05, 0.1) is 0 Å². The van der Waals surface area contributed by atoms with Gasteiger partial charge in [-0.2, -0.15) is 0 Å². The highest BCUT2D eigenvalue weighted by molar-refractivity contribution is 5.93. The van der Waals surface area contributed by atoms with Gasteiger partial charge in [-0.25, -0.2) is 9.78 Å². The van der Waals surface area contributed by atoms with Crippen molar-refractivity contribution in [2.24, 2.45) is 0 Å². The molecule has 2 aliphatic carbocycles. The Morgan fingerprint density at radius 3 is 2.74 bits per heavy atom. The molecule has 4 nitrogen and oxygen atoms in total. The van der Waals surface area contributed by atoms with E-state index in [9.17, 15) is 9.90 Å². The summed E-state index contributed by atoms with van der Waals surface area (Å²) in [4.78, 5) is 16.0. The summed E-state index contributed by atoms with van der Waals surface area (Å²) >= 11 is 0. The van der Waals surface area contributed by atoms with Crippen LogP contribution in [0.1, 0.15) is 47.3 Å². The maximum atomic E-state index is 11.4. The number of carboxylic acids is 1. The van der Waals surface area contributed by atoms with Crippen molar-refractivity contribution < 1.29 is 9.90 Å². The molecule has 3 rings (SSSR count). The number of carboxylic acid groups (broad SMARTS) is 1. The number of pyridine rings is 1. The molecule has 0 spiro atoms. The molecule has 0 amide bonds. The van der Waals surface area contributed by atoms with Crippen molar-refractivity contribution in [3.8, 4) is 0 Å². The first-order chi connectivity index (χ1) is 9.24. The Labute approximate surface area is 112 Å². The zero-order valence-corrected chi connectivity index (χ0v) is 10.9. The summed E-state index contributed by atoms with van der Waals surface area (Å²) in [7, 11) is 0. The molecule has 0 fully saturated rings. The highest BCUT2D eigenvalue weighted by Crippen LogP contribution is 2.26. The Hall–Kier alpha value is -1.84. The molecule has 0 atom stereocenters. The van der Waals surface area contributed by atoms with E-state index in [0.717, 1.165) is 49.8 Å². The molecule has 0 aliphatic heterocycles. The van der Waals surface area contributed by atoms with Crippen molar-refractivity contribution in [1.29, 1.82) is 0 Å². The largest absolute Gasteiger partial charge is 0.478 e. The average molecular weight is 258 g/mol. The van der Waals surface area contributed by atoms with Crippen LogP contribution in [0, 0.1) is 0 Å². The third-order valence-electron chi connectivity index (χ3n) is 3.88. The summed E-state index contributed by atoms with van der Waals surface area (Å²) in [5, 5.41) is 12.6. The summed E-state index contributed by atoms with van der Waals surface area (Å²) in [6.45, 7) is 0. The van der Waals surface area contributed by atoms with Crippen LogP contribution in [0.25, 0.3) is 0 Å². The minimum absolute atomic E-state index is 0.284. The summed E-state index contributed by atoms with van der Waals surface area (Å²) < 4.78 is 0. The number of nitrogens with zero attached hydrogens (tertiary/aromatic N) is 1. The fourth-order valence-corrected chi connectivity index (χ4v) is 2.84. The predicted molar refractivity (Wildman–Crippen MR) is 73.6 cm³/mol. The van der Waals surface area contributed by atoms with E-state index >= 15 is 0 Å². The molecule has 4 heteroatoms. The van der Waals surface area contributed by atoms with Gasteiger partial charge in [-0.05, 0) is 50.2 Å². The lowest BCUT2D eigenvalue weighted by Crippen LogP contribution is -2.20. The van der Waals surface area contributed by atoms with Gasteiger partial charge in [0.15, 0.2) is 0 Å².